The molecule has 3 rings (SSSR count). The van der Waals surface area contributed by atoms with Crippen molar-refractivity contribution < 1.29 is 9.53 Å². The van der Waals surface area contributed by atoms with Crippen LogP contribution in [0.25, 0.3) is 0 Å². The summed E-state index contributed by atoms with van der Waals surface area (Å²) in [5.41, 5.74) is 2.22. The summed E-state index contributed by atoms with van der Waals surface area (Å²) >= 11 is 0. The molecule has 0 heterocycles. The lowest BCUT2D eigenvalue weighted by Gasteiger charge is -2.37. The topological polar surface area (TPSA) is 29.5 Å². The Morgan fingerprint density at radius 3 is 2.30 bits per heavy atom. The number of hydrogen-bond acceptors (Lipinski definition) is 2. The fourth-order valence-electron chi connectivity index (χ4n) is 3.51. The van der Waals surface area contributed by atoms with E-state index >= 15 is 0 Å². The Balaban J connectivity index is 1.72. The molecule has 0 spiro atoms. The zero-order valence-electron chi connectivity index (χ0n) is 13.6. The Morgan fingerprint density at radius 1 is 1.04 bits per heavy atom. The number of benzene rings is 2. The molecule has 0 atom stereocenters. The summed E-state index contributed by atoms with van der Waals surface area (Å²) in [5, 5.41) is 0. The summed E-state index contributed by atoms with van der Waals surface area (Å²) in [4.78, 5) is 13.1. The van der Waals surface area contributed by atoms with E-state index in [4.69, 9.17) is 4.74 Å². The third kappa shape index (κ3) is 3.24. The molecule has 3 heteroatoms. The van der Waals surface area contributed by atoms with Gasteiger partial charge in [-0.2, -0.15) is 0 Å². The third-order valence-corrected chi connectivity index (χ3v) is 4.90. The molecular weight excluding hydrogens is 286 g/mol. The van der Waals surface area contributed by atoms with Crippen molar-refractivity contribution in [3.05, 3.63) is 65.7 Å². The van der Waals surface area contributed by atoms with Gasteiger partial charge in [-0.3, -0.25) is 4.79 Å². The summed E-state index contributed by atoms with van der Waals surface area (Å²) < 4.78 is 5.85. The van der Waals surface area contributed by atoms with E-state index in [0.717, 1.165) is 30.6 Å². The Hall–Kier alpha value is -2.29. The molecule has 1 aliphatic rings. The first-order valence-electron chi connectivity index (χ1n) is 8.20. The Kier molecular flexibility index (Phi) is 4.65. The Labute approximate surface area is 137 Å². The van der Waals surface area contributed by atoms with E-state index in [1.165, 1.54) is 18.4 Å². The standard InChI is InChI=1S/C20H23NO2/c1-21(16-22)20(13-5-6-14-20)18-9-11-19(12-10-18)23-15-17-7-3-2-4-8-17/h2-4,7-12,16H,5-6,13-15H2,1H3. The number of ether oxygens (including phenoxy) is 1. The van der Waals surface area contributed by atoms with Gasteiger partial charge in [0.05, 0.1) is 5.54 Å². The van der Waals surface area contributed by atoms with E-state index in [1.807, 2.05) is 42.3 Å². The molecule has 2 aromatic rings. The Bertz CT molecular complexity index is 630. The molecule has 0 aromatic heterocycles. The van der Waals surface area contributed by atoms with Gasteiger partial charge in [0, 0.05) is 7.05 Å². The highest BCUT2D eigenvalue weighted by Gasteiger charge is 2.38. The third-order valence-electron chi connectivity index (χ3n) is 4.90. The van der Waals surface area contributed by atoms with Gasteiger partial charge in [-0.05, 0) is 36.1 Å². The van der Waals surface area contributed by atoms with Crippen molar-refractivity contribution in [3.8, 4) is 5.75 Å². The molecule has 0 saturated heterocycles. The van der Waals surface area contributed by atoms with E-state index in [2.05, 4.69) is 24.3 Å². The van der Waals surface area contributed by atoms with Crippen LogP contribution in [0.15, 0.2) is 54.6 Å². The van der Waals surface area contributed by atoms with Crippen LogP contribution >= 0.6 is 0 Å². The average Bonchev–Trinajstić information content (AvgIpc) is 3.11. The van der Waals surface area contributed by atoms with Crippen LogP contribution in [-0.2, 0) is 16.9 Å². The predicted octanol–water partition coefficient (Wildman–Crippen LogP) is 4.12. The van der Waals surface area contributed by atoms with Gasteiger partial charge in [0.15, 0.2) is 0 Å². The fraction of sp³-hybridized carbons (Fsp3) is 0.350. The SMILES string of the molecule is CN(C=O)C1(c2ccc(OCc3ccccc3)cc2)CCCC1. The monoisotopic (exact) mass is 309 g/mol. The van der Waals surface area contributed by atoms with Gasteiger partial charge in [0.1, 0.15) is 12.4 Å². The van der Waals surface area contributed by atoms with Crippen LogP contribution in [0.5, 0.6) is 5.75 Å². The van der Waals surface area contributed by atoms with Crippen LogP contribution in [0.4, 0.5) is 0 Å². The van der Waals surface area contributed by atoms with Crippen molar-refractivity contribution in [2.24, 2.45) is 0 Å². The zero-order valence-corrected chi connectivity index (χ0v) is 13.6. The van der Waals surface area contributed by atoms with Gasteiger partial charge >= 0.3 is 0 Å². The fourth-order valence-corrected chi connectivity index (χ4v) is 3.51. The zero-order chi connectivity index (χ0) is 16.1. The highest BCUT2D eigenvalue weighted by molar-refractivity contribution is 5.50. The molecule has 1 fully saturated rings. The number of carbonyl (C=O) groups is 1. The minimum atomic E-state index is -0.139. The van der Waals surface area contributed by atoms with Crippen molar-refractivity contribution in [1.29, 1.82) is 0 Å². The number of amides is 1. The lowest BCUT2D eigenvalue weighted by Crippen LogP contribution is -2.40. The number of nitrogens with zero attached hydrogens (tertiary/aromatic N) is 1. The minimum Gasteiger partial charge on any atom is -0.489 e. The van der Waals surface area contributed by atoms with Crippen LogP contribution in [0.2, 0.25) is 0 Å². The van der Waals surface area contributed by atoms with Crippen LogP contribution in [0.3, 0.4) is 0 Å². The summed E-state index contributed by atoms with van der Waals surface area (Å²) in [5.74, 6) is 0.861. The van der Waals surface area contributed by atoms with Gasteiger partial charge in [-0.15, -0.1) is 0 Å². The van der Waals surface area contributed by atoms with Crippen molar-refractivity contribution >= 4 is 6.41 Å². The summed E-state index contributed by atoms with van der Waals surface area (Å²) in [7, 11) is 1.89. The molecule has 2 aromatic carbocycles. The van der Waals surface area contributed by atoms with Gasteiger partial charge in [-0.25, -0.2) is 0 Å². The van der Waals surface area contributed by atoms with Crippen molar-refractivity contribution in [2.45, 2.75) is 37.8 Å². The second-order valence-corrected chi connectivity index (χ2v) is 6.25. The predicted molar refractivity (Wildman–Crippen MR) is 91.2 cm³/mol. The molecule has 1 saturated carbocycles. The first-order chi connectivity index (χ1) is 11.2. The average molecular weight is 309 g/mol. The highest BCUT2D eigenvalue weighted by atomic mass is 16.5. The van der Waals surface area contributed by atoms with Crippen LogP contribution in [0.1, 0.15) is 36.8 Å². The maximum Gasteiger partial charge on any atom is 0.210 e. The molecular formula is C20H23NO2. The molecule has 0 aliphatic heterocycles. The molecule has 3 nitrogen and oxygen atoms in total. The molecule has 1 aliphatic carbocycles. The highest BCUT2D eigenvalue weighted by Crippen LogP contribution is 2.43. The summed E-state index contributed by atoms with van der Waals surface area (Å²) in [6, 6.07) is 18.4. The van der Waals surface area contributed by atoms with Crippen molar-refractivity contribution in [2.75, 3.05) is 7.05 Å². The lowest BCUT2D eigenvalue weighted by atomic mass is 9.87. The van der Waals surface area contributed by atoms with E-state index < -0.39 is 0 Å². The number of hydrogen-bond donors (Lipinski definition) is 0. The minimum absolute atomic E-state index is 0.139. The second-order valence-electron chi connectivity index (χ2n) is 6.25. The first kappa shape index (κ1) is 15.6. The first-order valence-corrected chi connectivity index (χ1v) is 8.20. The molecule has 23 heavy (non-hydrogen) atoms. The van der Waals surface area contributed by atoms with E-state index in [-0.39, 0.29) is 5.54 Å². The van der Waals surface area contributed by atoms with Crippen LogP contribution < -0.4 is 4.74 Å². The largest absolute Gasteiger partial charge is 0.489 e. The molecule has 0 bridgehead atoms. The maximum atomic E-state index is 11.3. The smallest absolute Gasteiger partial charge is 0.210 e. The molecule has 0 unspecified atom stereocenters. The number of rotatable bonds is 6. The molecule has 120 valence electrons. The Morgan fingerprint density at radius 2 is 1.70 bits per heavy atom. The number of carbonyl (C=O) groups excluding carboxylic acids is 1. The van der Waals surface area contributed by atoms with E-state index in [1.54, 1.807) is 0 Å². The van der Waals surface area contributed by atoms with Gasteiger partial charge in [-0.1, -0.05) is 55.3 Å². The van der Waals surface area contributed by atoms with Crippen LogP contribution in [-0.4, -0.2) is 18.4 Å². The summed E-state index contributed by atoms with van der Waals surface area (Å²) in [6.07, 6.45) is 5.36. The van der Waals surface area contributed by atoms with E-state index in [0.29, 0.717) is 6.61 Å². The van der Waals surface area contributed by atoms with Crippen molar-refractivity contribution in [3.63, 3.8) is 0 Å². The second kappa shape index (κ2) is 6.86. The molecule has 1 amide bonds. The van der Waals surface area contributed by atoms with Gasteiger partial charge in [0.2, 0.25) is 6.41 Å². The van der Waals surface area contributed by atoms with Gasteiger partial charge in [0.25, 0.3) is 0 Å². The maximum absolute atomic E-state index is 11.3. The van der Waals surface area contributed by atoms with E-state index in [9.17, 15) is 4.79 Å². The molecule has 0 N–H and O–H groups in total. The van der Waals surface area contributed by atoms with Gasteiger partial charge < -0.3 is 9.64 Å². The summed E-state index contributed by atoms with van der Waals surface area (Å²) in [6.45, 7) is 0.569. The lowest BCUT2D eigenvalue weighted by molar-refractivity contribution is -0.122. The van der Waals surface area contributed by atoms with Crippen LogP contribution in [0, 0.1) is 0 Å². The quantitative estimate of drug-likeness (QED) is 0.751. The molecule has 0 radical (unpaired) electrons. The normalized spacial score (nSPS) is 16.0. The van der Waals surface area contributed by atoms with Crippen molar-refractivity contribution in [1.82, 2.24) is 4.90 Å².